The minimum absolute atomic E-state index is 0.417. The summed E-state index contributed by atoms with van der Waals surface area (Å²) in [6.07, 6.45) is 3.89. The molecular weight excluding hydrogens is 250 g/mol. The lowest BCUT2D eigenvalue weighted by molar-refractivity contribution is 0.191. The smallest absolute Gasteiger partial charge is 0.160 e. The summed E-state index contributed by atoms with van der Waals surface area (Å²) < 4.78 is 7.17. The lowest BCUT2D eigenvalue weighted by atomic mass is 10.3. The molecule has 0 amide bonds. The number of ether oxygens (including phenoxy) is 1. The quantitative estimate of drug-likeness (QED) is 0.597. The van der Waals surface area contributed by atoms with Crippen molar-refractivity contribution in [2.24, 2.45) is 0 Å². The molecule has 0 atom stereocenters. The first-order chi connectivity index (χ1) is 8.77. The molecule has 0 aliphatic rings. The van der Waals surface area contributed by atoms with Crippen LogP contribution in [0.25, 0.3) is 11.2 Å². The number of fused-ring (bicyclic) bond motifs is 1. The van der Waals surface area contributed by atoms with Crippen LogP contribution in [0.4, 0.5) is 0 Å². The van der Waals surface area contributed by atoms with Gasteiger partial charge in [0.1, 0.15) is 11.3 Å². The van der Waals surface area contributed by atoms with Crippen LogP contribution in [0.5, 0.6) is 0 Å². The fourth-order valence-corrected chi connectivity index (χ4v) is 2.24. The van der Waals surface area contributed by atoms with Crippen LogP contribution < -0.4 is 0 Å². The van der Waals surface area contributed by atoms with E-state index in [9.17, 15) is 0 Å². The van der Waals surface area contributed by atoms with Crippen molar-refractivity contribution in [1.29, 1.82) is 0 Å². The first kappa shape index (κ1) is 13.3. The topological polar surface area (TPSA) is 39.9 Å². The van der Waals surface area contributed by atoms with Crippen LogP contribution in [0.1, 0.15) is 24.2 Å². The minimum Gasteiger partial charge on any atom is -0.385 e. The molecule has 0 N–H and O–H groups in total. The van der Waals surface area contributed by atoms with Gasteiger partial charge in [-0.3, -0.25) is 0 Å². The summed E-state index contributed by atoms with van der Waals surface area (Å²) in [5.41, 5.74) is 3.03. The largest absolute Gasteiger partial charge is 0.385 e. The molecule has 0 aromatic carbocycles. The van der Waals surface area contributed by atoms with E-state index in [1.165, 1.54) is 0 Å². The van der Waals surface area contributed by atoms with Gasteiger partial charge in [0, 0.05) is 26.5 Å². The van der Waals surface area contributed by atoms with Crippen molar-refractivity contribution in [2.75, 3.05) is 13.7 Å². The predicted octanol–water partition coefficient (Wildman–Crippen LogP) is 2.91. The van der Waals surface area contributed by atoms with E-state index >= 15 is 0 Å². The van der Waals surface area contributed by atoms with Crippen LogP contribution >= 0.6 is 11.6 Å². The lowest BCUT2D eigenvalue weighted by Gasteiger charge is -2.06. The van der Waals surface area contributed by atoms with Crippen molar-refractivity contribution in [3.63, 3.8) is 0 Å². The van der Waals surface area contributed by atoms with Crippen molar-refractivity contribution >= 4 is 22.8 Å². The molecule has 2 aromatic heterocycles. The normalized spacial score (nSPS) is 11.3. The van der Waals surface area contributed by atoms with Crippen molar-refractivity contribution in [1.82, 2.24) is 14.5 Å². The van der Waals surface area contributed by atoms with Gasteiger partial charge in [-0.25, -0.2) is 9.97 Å². The number of nitrogens with zero attached hydrogens (tertiary/aromatic N) is 3. The first-order valence-electron chi connectivity index (χ1n) is 6.13. The Kier molecular flexibility index (Phi) is 4.55. The molecule has 0 aliphatic heterocycles. The third kappa shape index (κ3) is 2.65. The molecular formula is C13H18ClN3O. The number of hydrogen-bond acceptors (Lipinski definition) is 3. The van der Waals surface area contributed by atoms with Crippen LogP contribution in [0, 0.1) is 6.92 Å². The van der Waals surface area contributed by atoms with E-state index in [1.807, 2.05) is 19.2 Å². The minimum atomic E-state index is 0.417. The molecule has 0 saturated heterocycles. The number of aryl methyl sites for hydroxylation is 2. The molecule has 2 heterocycles. The second-order valence-corrected chi connectivity index (χ2v) is 4.58. The molecule has 98 valence electrons. The van der Waals surface area contributed by atoms with Crippen LogP contribution in [0.2, 0.25) is 0 Å². The summed E-state index contributed by atoms with van der Waals surface area (Å²) in [6, 6.07) is 1.97. The molecule has 4 nitrogen and oxygen atoms in total. The highest BCUT2D eigenvalue weighted by Gasteiger charge is 2.12. The fourth-order valence-electron chi connectivity index (χ4n) is 2.04. The van der Waals surface area contributed by atoms with E-state index in [0.29, 0.717) is 5.88 Å². The van der Waals surface area contributed by atoms with E-state index in [1.54, 1.807) is 7.11 Å². The number of imidazole rings is 1. The number of pyridine rings is 1. The maximum absolute atomic E-state index is 5.96. The number of methoxy groups -OCH3 is 1. The SMILES string of the molecule is COCCCCn1c(CCl)nc2c(C)ccnc21. The van der Waals surface area contributed by atoms with Gasteiger partial charge in [-0.15, -0.1) is 11.6 Å². The maximum atomic E-state index is 5.96. The molecule has 2 aromatic rings. The molecule has 0 saturated carbocycles. The lowest BCUT2D eigenvalue weighted by Crippen LogP contribution is -2.04. The Hall–Kier alpha value is -1.13. The van der Waals surface area contributed by atoms with Crippen molar-refractivity contribution in [3.05, 3.63) is 23.7 Å². The monoisotopic (exact) mass is 267 g/mol. The number of hydrogen-bond donors (Lipinski definition) is 0. The Balaban J connectivity index is 2.26. The highest BCUT2D eigenvalue weighted by Crippen LogP contribution is 2.19. The maximum Gasteiger partial charge on any atom is 0.160 e. The Bertz CT molecular complexity index is 524. The van der Waals surface area contributed by atoms with Gasteiger partial charge in [-0.2, -0.15) is 0 Å². The Labute approximate surface area is 112 Å². The van der Waals surface area contributed by atoms with Crippen LogP contribution in [-0.2, 0) is 17.2 Å². The average molecular weight is 268 g/mol. The van der Waals surface area contributed by atoms with Crippen LogP contribution in [-0.4, -0.2) is 28.3 Å². The Morgan fingerprint density at radius 1 is 1.39 bits per heavy atom. The van der Waals surface area contributed by atoms with Crippen molar-refractivity contribution < 1.29 is 4.74 Å². The van der Waals surface area contributed by atoms with Gasteiger partial charge < -0.3 is 9.30 Å². The summed E-state index contributed by atoms with van der Waals surface area (Å²) in [5, 5.41) is 0. The van der Waals surface area contributed by atoms with Gasteiger partial charge in [0.15, 0.2) is 5.65 Å². The van der Waals surface area contributed by atoms with E-state index < -0.39 is 0 Å². The molecule has 0 fully saturated rings. The third-order valence-electron chi connectivity index (χ3n) is 3.01. The van der Waals surface area contributed by atoms with Gasteiger partial charge in [0.05, 0.1) is 5.88 Å². The zero-order valence-electron chi connectivity index (χ0n) is 10.8. The highest BCUT2D eigenvalue weighted by molar-refractivity contribution is 6.16. The second kappa shape index (κ2) is 6.16. The summed E-state index contributed by atoms with van der Waals surface area (Å²) in [4.78, 5) is 8.99. The van der Waals surface area contributed by atoms with Gasteiger partial charge >= 0.3 is 0 Å². The standard InChI is InChI=1S/C13H18ClN3O/c1-10-5-6-15-13-12(10)16-11(9-14)17(13)7-3-4-8-18-2/h5-6H,3-4,7-9H2,1-2H3. The molecule has 5 heteroatoms. The predicted molar refractivity (Wildman–Crippen MR) is 72.9 cm³/mol. The Morgan fingerprint density at radius 2 is 2.22 bits per heavy atom. The zero-order valence-corrected chi connectivity index (χ0v) is 11.6. The highest BCUT2D eigenvalue weighted by atomic mass is 35.5. The van der Waals surface area contributed by atoms with E-state index in [0.717, 1.165) is 48.5 Å². The third-order valence-corrected chi connectivity index (χ3v) is 3.25. The summed E-state index contributed by atoms with van der Waals surface area (Å²) in [7, 11) is 1.72. The van der Waals surface area contributed by atoms with E-state index in [4.69, 9.17) is 16.3 Å². The Morgan fingerprint density at radius 3 is 2.94 bits per heavy atom. The van der Waals surface area contributed by atoms with Crippen molar-refractivity contribution in [3.8, 4) is 0 Å². The van der Waals surface area contributed by atoms with Crippen molar-refractivity contribution in [2.45, 2.75) is 32.2 Å². The molecule has 2 rings (SSSR count). The van der Waals surface area contributed by atoms with E-state index in [2.05, 4.69) is 14.5 Å². The van der Waals surface area contributed by atoms with Gasteiger partial charge in [-0.1, -0.05) is 0 Å². The second-order valence-electron chi connectivity index (χ2n) is 4.31. The van der Waals surface area contributed by atoms with E-state index in [-0.39, 0.29) is 0 Å². The molecule has 0 aliphatic carbocycles. The molecule has 0 unspecified atom stereocenters. The number of unbranched alkanes of at least 4 members (excludes halogenated alkanes) is 1. The molecule has 0 bridgehead atoms. The van der Waals surface area contributed by atoms with Crippen LogP contribution in [0.3, 0.4) is 0 Å². The molecule has 0 spiro atoms. The molecule has 0 radical (unpaired) electrons. The van der Waals surface area contributed by atoms with Gasteiger partial charge in [-0.05, 0) is 31.4 Å². The zero-order chi connectivity index (χ0) is 13.0. The summed E-state index contributed by atoms with van der Waals surface area (Å²) in [5.74, 6) is 1.31. The average Bonchev–Trinajstić information content (AvgIpc) is 2.74. The number of alkyl halides is 1. The summed E-state index contributed by atoms with van der Waals surface area (Å²) >= 11 is 5.96. The number of aromatic nitrogens is 3. The fraction of sp³-hybridized carbons (Fsp3) is 0.538. The summed E-state index contributed by atoms with van der Waals surface area (Å²) in [6.45, 7) is 3.72. The number of rotatable bonds is 6. The van der Waals surface area contributed by atoms with Gasteiger partial charge in [0.2, 0.25) is 0 Å². The van der Waals surface area contributed by atoms with Crippen LogP contribution in [0.15, 0.2) is 12.3 Å². The van der Waals surface area contributed by atoms with Gasteiger partial charge in [0.25, 0.3) is 0 Å². The molecule has 18 heavy (non-hydrogen) atoms. The number of halogens is 1. The first-order valence-corrected chi connectivity index (χ1v) is 6.67.